The zero-order valence-electron chi connectivity index (χ0n) is 10.1. The van der Waals surface area contributed by atoms with Crippen LogP contribution in [0.1, 0.15) is 43.2 Å². The molecular formula is C15H21Br. The number of rotatable bonds is 4. The van der Waals surface area contributed by atoms with E-state index in [0.717, 1.165) is 5.92 Å². The van der Waals surface area contributed by atoms with Gasteiger partial charge in [-0.05, 0) is 31.2 Å². The highest BCUT2D eigenvalue weighted by Crippen LogP contribution is 2.31. The van der Waals surface area contributed by atoms with E-state index in [1.54, 1.807) is 0 Å². The van der Waals surface area contributed by atoms with Crippen LogP contribution in [0.25, 0.3) is 0 Å². The lowest BCUT2D eigenvalue weighted by Gasteiger charge is -2.14. The Morgan fingerprint density at radius 2 is 1.81 bits per heavy atom. The highest BCUT2D eigenvalue weighted by Gasteiger charge is 2.18. The number of alkyl halides is 1. The first-order chi connectivity index (χ1) is 7.74. The van der Waals surface area contributed by atoms with E-state index in [4.69, 9.17) is 0 Å². The van der Waals surface area contributed by atoms with Crippen molar-refractivity contribution >= 4 is 15.9 Å². The molecule has 1 saturated carbocycles. The highest BCUT2D eigenvalue weighted by molar-refractivity contribution is 9.09. The molecule has 0 spiro atoms. The molecule has 0 heterocycles. The van der Waals surface area contributed by atoms with Crippen LogP contribution in [0.15, 0.2) is 24.3 Å². The van der Waals surface area contributed by atoms with Crippen molar-refractivity contribution in [1.82, 2.24) is 0 Å². The standard InChI is InChI=1S/C15H21Br/c1-12-6-8-14(9-7-12)11-15(16)10-13-4-2-3-5-13/h6-9,13,15H,2-5,10-11H2,1H3. The summed E-state index contributed by atoms with van der Waals surface area (Å²) in [5, 5.41) is 0. The molecule has 1 aliphatic rings. The minimum atomic E-state index is 0.665. The van der Waals surface area contributed by atoms with Gasteiger partial charge in [-0.3, -0.25) is 0 Å². The molecule has 2 rings (SSSR count). The van der Waals surface area contributed by atoms with Crippen LogP contribution in [0.5, 0.6) is 0 Å². The van der Waals surface area contributed by atoms with Gasteiger partial charge < -0.3 is 0 Å². The molecule has 16 heavy (non-hydrogen) atoms. The molecular weight excluding hydrogens is 260 g/mol. The SMILES string of the molecule is Cc1ccc(CC(Br)CC2CCCC2)cc1. The van der Waals surface area contributed by atoms with Crippen molar-refractivity contribution in [2.24, 2.45) is 5.92 Å². The summed E-state index contributed by atoms with van der Waals surface area (Å²) < 4.78 is 0. The summed E-state index contributed by atoms with van der Waals surface area (Å²) in [5.74, 6) is 0.981. The lowest BCUT2D eigenvalue weighted by molar-refractivity contribution is 0.495. The maximum absolute atomic E-state index is 3.84. The Balaban J connectivity index is 1.81. The second-order valence-corrected chi connectivity index (χ2v) is 6.47. The quantitative estimate of drug-likeness (QED) is 0.690. The third kappa shape index (κ3) is 3.62. The van der Waals surface area contributed by atoms with Crippen molar-refractivity contribution in [3.05, 3.63) is 35.4 Å². The third-order valence-corrected chi connectivity index (χ3v) is 4.34. The molecule has 1 aromatic carbocycles. The second-order valence-electron chi connectivity index (χ2n) is 5.17. The van der Waals surface area contributed by atoms with E-state index < -0.39 is 0 Å². The molecule has 1 fully saturated rings. The second kappa shape index (κ2) is 5.86. The molecule has 0 aliphatic heterocycles. The number of halogens is 1. The van der Waals surface area contributed by atoms with Crippen LogP contribution in [0.2, 0.25) is 0 Å². The van der Waals surface area contributed by atoms with Crippen LogP contribution in [0.3, 0.4) is 0 Å². The molecule has 1 heteroatoms. The van der Waals surface area contributed by atoms with Crippen LogP contribution in [0.4, 0.5) is 0 Å². The highest BCUT2D eigenvalue weighted by atomic mass is 79.9. The van der Waals surface area contributed by atoms with Gasteiger partial charge in [0.2, 0.25) is 0 Å². The fraction of sp³-hybridized carbons (Fsp3) is 0.600. The average Bonchev–Trinajstić information content (AvgIpc) is 2.74. The first kappa shape index (κ1) is 12.2. The summed E-state index contributed by atoms with van der Waals surface area (Å²) in [4.78, 5) is 0.665. The molecule has 1 aromatic rings. The van der Waals surface area contributed by atoms with E-state index in [9.17, 15) is 0 Å². The Morgan fingerprint density at radius 3 is 2.44 bits per heavy atom. The molecule has 1 atom stereocenters. The van der Waals surface area contributed by atoms with Crippen molar-refractivity contribution in [3.63, 3.8) is 0 Å². The zero-order chi connectivity index (χ0) is 11.4. The summed E-state index contributed by atoms with van der Waals surface area (Å²) in [7, 11) is 0. The predicted molar refractivity (Wildman–Crippen MR) is 74.2 cm³/mol. The Morgan fingerprint density at radius 1 is 1.19 bits per heavy atom. The van der Waals surface area contributed by atoms with Crippen LogP contribution in [0, 0.1) is 12.8 Å². The van der Waals surface area contributed by atoms with E-state index in [0.29, 0.717) is 4.83 Å². The van der Waals surface area contributed by atoms with Crippen molar-refractivity contribution in [1.29, 1.82) is 0 Å². The van der Waals surface area contributed by atoms with Gasteiger partial charge in [-0.25, -0.2) is 0 Å². The van der Waals surface area contributed by atoms with Crippen LogP contribution < -0.4 is 0 Å². The van der Waals surface area contributed by atoms with Gasteiger partial charge in [-0.2, -0.15) is 0 Å². The van der Waals surface area contributed by atoms with Crippen molar-refractivity contribution in [3.8, 4) is 0 Å². The zero-order valence-corrected chi connectivity index (χ0v) is 11.7. The van der Waals surface area contributed by atoms with Crippen LogP contribution >= 0.6 is 15.9 Å². The first-order valence-electron chi connectivity index (χ1n) is 6.43. The maximum Gasteiger partial charge on any atom is 0.0188 e. The summed E-state index contributed by atoms with van der Waals surface area (Å²) in [5.41, 5.74) is 2.82. The number of benzene rings is 1. The van der Waals surface area contributed by atoms with E-state index >= 15 is 0 Å². The summed E-state index contributed by atoms with van der Waals surface area (Å²) in [6, 6.07) is 8.95. The van der Waals surface area contributed by atoms with E-state index in [2.05, 4.69) is 47.1 Å². The van der Waals surface area contributed by atoms with E-state index in [1.807, 2.05) is 0 Å². The molecule has 0 radical (unpaired) electrons. The van der Waals surface area contributed by atoms with Gasteiger partial charge >= 0.3 is 0 Å². The minimum absolute atomic E-state index is 0.665. The number of aryl methyl sites for hydroxylation is 1. The van der Waals surface area contributed by atoms with Gasteiger partial charge in [0.05, 0.1) is 0 Å². The lowest BCUT2D eigenvalue weighted by Crippen LogP contribution is -2.08. The molecule has 0 amide bonds. The monoisotopic (exact) mass is 280 g/mol. The van der Waals surface area contributed by atoms with Gasteiger partial charge in [0.1, 0.15) is 0 Å². The Hall–Kier alpha value is -0.300. The Labute approximate surface area is 108 Å². The summed E-state index contributed by atoms with van der Waals surface area (Å²) in [6.45, 7) is 2.15. The topological polar surface area (TPSA) is 0 Å². The van der Waals surface area contributed by atoms with Crippen molar-refractivity contribution < 1.29 is 0 Å². The van der Waals surface area contributed by atoms with Crippen molar-refractivity contribution in [2.75, 3.05) is 0 Å². The van der Waals surface area contributed by atoms with Crippen LogP contribution in [-0.2, 0) is 6.42 Å². The first-order valence-corrected chi connectivity index (χ1v) is 7.35. The molecule has 0 nitrogen and oxygen atoms in total. The summed E-state index contributed by atoms with van der Waals surface area (Å²) >= 11 is 3.84. The fourth-order valence-corrected chi connectivity index (χ4v) is 3.57. The third-order valence-electron chi connectivity index (χ3n) is 3.64. The molecule has 1 aliphatic carbocycles. The average molecular weight is 281 g/mol. The minimum Gasteiger partial charge on any atom is -0.0887 e. The van der Waals surface area contributed by atoms with Gasteiger partial charge in [0, 0.05) is 4.83 Å². The molecule has 1 unspecified atom stereocenters. The molecule has 0 aromatic heterocycles. The maximum atomic E-state index is 3.84. The van der Waals surface area contributed by atoms with Crippen LogP contribution in [-0.4, -0.2) is 4.83 Å². The fourth-order valence-electron chi connectivity index (χ4n) is 2.67. The molecule has 88 valence electrons. The van der Waals surface area contributed by atoms with Crippen molar-refractivity contribution in [2.45, 2.75) is 50.3 Å². The van der Waals surface area contributed by atoms with E-state index in [1.165, 1.54) is 49.7 Å². The number of hydrogen-bond acceptors (Lipinski definition) is 0. The molecule has 0 saturated heterocycles. The smallest absolute Gasteiger partial charge is 0.0188 e. The van der Waals surface area contributed by atoms with Gasteiger partial charge in [-0.1, -0.05) is 71.4 Å². The van der Waals surface area contributed by atoms with Gasteiger partial charge in [-0.15, -0.1) is 0 Å². The predicted octanol–water partition coefficient (Wildman–Crippen LogP) is 4.88. The lowest BCUT2D eigenvalue weighted by atomic mass is 9.98. The Bertz CT molecular complexity index is 309. The molecule has 0 N–H and O–H groups in total. The van der Waals surface area contributed by atoms with Gasteiger partial charge in [0.15, 0.2) is 0 Å². The largest absolute Gasteiger partial charge is 0.0887 e. The van der Waals surface area contributed by atoms with Gasteiger partial charge in [0.25, 0.3) is 0 Å². The summed E-state index contributed by atoms with van der Waals surface area (Å²) in [6.07, 6.45) is 8.35. The Kier molecular flexibility index (Phi) is 4.45. The number of hydrogen-bond donors (Lipinski definition) is 0. The van der Waals surface area contributed by atoms with E-state index in [-0.39, 0.29) is 0 Å². The normalized spacial score (nSPS) is 18.9. The molecule has 0 bridgehead atoms.